The zero-order valence-corrected chi connectivity index (χ0v) is 14.4. The molecule has 0 aliphatic carbocycles. The molecule has 23 heavy (non-hydrogen) atoms. The minimum Gasteiger partial charge on any atom is -0.326 e. The highest BCUT2D eigenvalue weighted by Gasteiger charge is 2.14. The van der Waals surface area contributed by atoms with E-state index in [2.05, 4.69) is 10.6 Å². The second-order valence-electron chi connectivity index (χ2n) is 4.97. The highest BCUT2D eigenvalue weighted by Crippen LogP contribution is 2.26. The minimum atomic E-state index is -0.263. The van der Waals surface area contributed by atoms with E-state index in [1.54, 1.807) is 24.3 Å². The van der Waals surface area contributed by atoms with Crippen molar-refractivity contribution in [1.82, 2.24) is 0 Å². The number of nitrogens with one attached hydrogen (secondary N) is 2. The van der Waals surface area contributed by atoms with E-state index in [1.807, 2.05) is 31.2 Å². The Labute approximate surface area is 144 Å². The van der Waals surface area contributed by atoms with Gasteiger partial charge in [-0.25, -0.2) is 0 Å². The van der Waals surface area contributed by atoms with Crippen LogP contribution in [-0.2, 0) is 9.59 Å². The Hall–Kier alpha value is -1.98. The SMILES string of the molecule is CC(=O)Nc1ccc(S[C@@H](C)C(=O)Nc2cccc(Cl)c2)cc1. The zero-order valence-electron chi connectivity index (χ0n) is 12.8. The summed E-state index contributed by atoms with van der Waals surface area (Å²) in [6.45, 7) is 3.30. The maximum Gasteiger partial charge on any atom is 0.237 e. The van der Waals surface area contributed by atoms with Crippen molar-refractivity contribution in [3.63, 3.8) is 0 Å². The zero-order chi connectivity index (χ0) is 16.8. The molecule has 0 saturated heterocycles. The Kier molecular flexibility index (Phi) is 6.07. The summed E-state index contributed by atoms with van der Waals surface area (Å²) in [6, 6.07) is 14.4. The lowest BCUT2D eigenvalue weighted by molar-refractivity contribution is -0.115. The number of hydrogen-bond acceptors (Lipinski definition) is 3. The van der Waals surface area contributed by atoms with Crippen molar-refractivity contribution in [3.05, 3.63) is 53.6 Å². The van der Waals surface area contributed by atoms with Crippen LogP contribution in [0.25, 0.3) is 0 Å². The molecule has 120 valence electrons. The van der Waals surface area contributed by atoms with Crippen LogP contribution in [0.5, 0.6) is 0 Å². The molecule has 0 aromatic heterocycles. The third-order valence-electron chi connectivity index (χ3n) is 2.95. The van der Waals surface area contributed by atoms with Gasteiger partial charge in [0, 0.05) is 28.2 Å². The Morgan fingerprint density at radius 3 is 2.35 bits per heavy atom. The summed E-state index contributed by atoms with van der Waals surface area (Å²) in [7, 11) is 0. The van der Waals surface area contributed by atoms with Crippen LogP contribution in [0.4, 0.5) is 11.4 Å². The largest absolute Gasteiger partial charge is 0.326 e. The quantitative estimate of drug-likeness (QED) is 0.786. The van der Waals surface area contributed by atoms with Gasteiger partial charge < -0.3 is 10.6 Å². The van der Waals surface area contributed by atoms with E-state index in [-0.39, 0.29) is 17.1 Å². The highest BCUT2D eigenvalue weighted by molar-refractivity contribution is 8.00. The van der Waals surface area contributed by atoms with Crippen molar-refractivity contribution in [3.8, 4) is 0 Å². The maximum absolute atomic E-state index is 12.2. The van der Waals surface area contributed by atoms with Gasteiger partial charge >= 0.3 is 0 Å². The molecule has 0 radical (unpaired) electrons. The topological polar surface area (TPSA) is 58.2 Å². The average Bonchev–Trinajstić information content (AvgIpc) is 2.48. The average molecular weight is 349 g/mol. The van der Waals surface area contributed by atoms with Gasteiger partial charge in [-0.2, -0.15) is 0 Å². The number of hydrogen-bond donors (Lipinski definition) is 2. The number of benzene rings is 2. The summed E-state index contributed by atoms with van der Waals surface area (Å²) in [5, 5.41) is 5.86. The molecule has 2 aromatic rings. The van der Waals surface area contributed by atoms with Crippen LogP contribution in [0.15, 0.2) is 53.4 Å². The lowest BCUT2D eigenvalue weighted by atomic mass is 10.3. The second-order valence-corrected chi connectivity index (χ2v) is 6.82. The van der Waals surface area contributed by atoms with Gasteiger partial charge in [-0.05, 0) is 49.4 Å². The molecular weight excluding hydrogens is 332 g/mol. The second kappa shape index (κ2) is 8.04. The first kappa shape index (κ1) is 17.4. The van der Waals surface area contributed by atoms with E-state index in [0.717, 1.165) is 10.6 Å². The number of rotatable bonds is 5. The number of amides is 2. The van der Waals surface area contributed by atoms with Gasteiger partial charge in [-0.1, -0.05) is 17.7 Å². The molecule has 2 N–H and O–H groups in total. The molecular formula is C17H17ClN2O2S. The molecule has 2 rings (SSSR count). The van der Waals surface area contributed by atoms with E-state index in [1.165, 1.54) is 18.7 Å². The number of halogens is 1. The standard InChI is InChI=1S/C17H17ClN2O2S/c1-11(17(22)20-15-5-3-4-13(18)10-15)23-16-8-6-14(7-9-16)19-12(2)21/h3-11H,1-2H3,(H,19,21)(H,20,22)/t11-/m0/s1. The van der Waals surface area contributed by atoms with Gasteiger partial charge in [0.1, 0.15) is 0 Å². The molecule has 0 spiro atoms. The third kappa shape index (κ3) is 5.62. The van der Waals surface area contributed by atoms with Crippen molar-refractivity contribution < 1.29 is 9.59 Å². The van der Waals surface area contributed by atoms with E-state index in [9.17, 15) is 9.59 Å². The lowest BCUT2D eigenvalue weighted by Gasteiger charge is -2.12. The monoisotopic (exact) mass is 348 g/mol. The normalized spacial score (nSPS) is 11.6. The molecule has 2 amide bonds. The van der Waals surface area contributed by atoms with E-state index in [0.29, 0.717) is 10.7 Å². The summed E-state index contributed by atoms with van der Waals surface area (Å²) < 4.78 is 0. The number of carbonyl (C=O) groups is 2. The van der Waals surface area contributed by atoms with Gasteiger partial charge in [0.2, 0.25) is 11.8 Å². The lowest BCUT2D eigenvalue weighted by Crippen LogP contribution is -2.22. The fourth-order valence-electron chi connectivity index (χ4n) is 1.89. The molecule has 2 aromatic carbocycles. The van der Waals surface area contributed by atoms with Crippen LogP contribution in [-0.4, -0.2) is 17.1 Å². The van der Waals surface area contributed by atoms with Crippen molar-refractivity contribution >= 4 is 46.6 Å². The first-order valence-electron chi connectivity index (χ1n) is 7.05. The summed E-state index contributed by atoms with van der Waals surface area (Å²) in [4.78, 5) is 24.1. The predicted molar refractivity (Wildman–Crippen MR) is 96.1 cm³/mol. The van der Waals surface area contributed by atoms with Crippen LogP contribution in [0.2, 0.25) is 5.02 Å². The molecule has 1 atom stereocenters. The van der Waals surface area contributed by atoms with Crippen molar-refractivity contribution in [1.29, 1.82) is 0 Å². The molecule has 0 unspecified atom stereocenters. The van der Waals surface area contributed by atoms with E-state index in [4.69, 9.17) is 11.6 Å². The third-order valence-corrected chi connectivity index (χ3v) is 4.30. The Balaban J connectivity index is 1.94. The molecule has 4 nitrogen and oxygen atoms in total. The predicted octanol–water partition coefficient (Wildman–Crippen LogP) is 4.42. The summed E-state index contributed by atoms with van der Waals surface area (Å²) in [5.41, 5.74) is 1.41. The number of anilines is 2. The Morgan fingerprint density at radius 1 is 1.04 bits per heavy atom. The van der Waals surface area contributed by atoms with Crippen LogP contribution in [0.1, 0.15) is 13.8 Å². The number of thioether (sulfide) groups is 1. The molecule has 0 fully saturated rings. The smallest absolute Gasteiger partial charge is 0.237 e. The molecule has 0 heterocycles. The van der Waals surface area contributed by atoms with Gasteiger partial charge in [0.25, 0.3) is 0 Å². The first-order valence-corrected chi connectivity index (χ1v) is 8.30. The van der Waals surface area contributed by atoms with Crippen molar-refractivity contribution in [2.45, 2.75) is 24.0 Å². The molecule has 6 heteroatoms. The highest BCUT2D eigenvalue weighted by atomic mass is 35.5. The van der Waals surface area contributed by atoms with E-state index >= 15 is 0 Å². The van der Waals surface area contributed by atoms with E-state index < -0.39 is 0 Å². The van der Waals surface area contributed by atoms with Crippen LogP contribution >= 0.6 is 23.4 Å². The molecule has 0 saturated carbocycles. The van der Waals surface area contributed by atoms with Crippen LogP contribution < -0.4 is 10.6 Å². The summed E-state index contributed by atoms with van der Waals surface area (Å²) >= 11 is 7.35. The van der Waals surface area contributed by atoms with Crippen LogP contribution in [0, 0.1) is 0 Å². The maximum atomic E-state index is 12.2. The minimum absolute atomic E-state index is 0.0943. The fraction of sp³-hybridized carbons (Fsp3) is 0.176. The molecule has 0 aliphatic heterocycles. The molecule has 0 aliphatic rings. The van der Waals surface area contributed by atoms with Crippen LogP contribution in [0.3, 0.4) is 0 Å². The van der Waals surface area contributed by atoms with Gasteiger partial charge in [-0.3, -0.25) is 9.59 Å². The van der Waals surface area contributed by atoms with Crippen molar-refractivity contribution in [2.24, 2.45) is 0 Å². The summed E-state index contributed by atoms with van der Waals surface area (Å²) in [5.74, 6) is -0.206. The fourth-order valence-corrected chi connectivity index (χ4v) is 2.95. The van der Waals surface area contributed by atoms with Gasteiger partial charge in [0.15, 0.2) is 0 Å². The summed E-state index contributed by atoms with van der Waals surface area (Å²) in [6.07, 6.45) is 0. The Morgan fingerprint density at radius 2 is 1.74 bits per heavy atom. The van der Waals surface area contributed by atoms with Gasteiger partial charge in [0.05, 0.1) is 5.25 Å². The van der Waals surface area contributed by atoms with Gasteiger partial charge in [-0.15, -0.1) is 11.8 Å². The van der Waals surface area contributed by atoms with Crippen molar-refractivity contribution in [2.75, 3.05) is 10.6 Å². The Bertz CT molecular complexity index is 704. The first-order chi connectivity index (χ1) is 10.9. The molecule has 0 bridgehead atoms. The number of carbonyl (C=O) groups excluding carboxylic acids is 2.